The van der Waals surface area contributed by atoms with Gasteiger partial charge in [0.2, 0.25) is 5.91 Å². The van der Waals surface area contributed by atoms with E-state index in [0.717, 1.165) is 45.4 Å². The normalized spacial score (nSPS) is 37.3. The summed E-state index contributed by atoms with van der Waals surface area (Å²) in [6.45, 7) is 6.69. The summed E-state index contributed by atoms with van der Waals surface area (Å²) >= 11 is 0. The average molecular weight is 240 g/mol. The van der Waals surface area contributed by atoms with Crippen LogP contribution >= 0.6 is 0 Å². The molecule has 0 spiro atoms. The minimum Gasteiger partial charge on any atom is -0.378 e. The van der Waals surface area contributed by atoms with Crippen molar-refractivity contribution in [2.45, 2.75) is 51.2 Å². The Kier molecular flexibility index (Phi) is 4.05. The number of amides is 1. The van der Waals surface area contributed by atoms with Gasteiger partial charge in [0.05, 0.1) is 11.6 Å². The molecule has 0 saturated carbocycles. The maximum Gasteiger partial charge on any atom is 0.240 e. The molecular weight excluding hydrogens is 216 g/mol. The largest absolute Gasteiger partial charge is 0.378 e. The molecule has 4 heteroatoms. The van der Waals surface area contributed by atoms with Crippen LogP contribution in [-0.4, -0.2) is 37.2 Å². The summed E-state index contributed by atoms with van der Waals surface area (Å²) in [7, 11) is 0. The average Bonchev–Trinajstić information content (AvgIpc) is 2.95. The molecule has 4 nitrogen and oxygen atoms in total. The third-order valence-electron chi connectivity index (χ3n) is 4.14. The lowest BCUT2D eigenvalue weighted by Crippen LogP contribution is -2.52. The number of hydrogen-bond donors (Lipinski definition) is 2. The van der Waals surface area contributed by atoms with Gasteiger partial charge in [0.15, 0.2) is 0 Å². The van der Waals surface area contributed by atoms with E-state index >= 15 is 0 Å². The Labute approximate surface area is 103 Å². The molecule has 0 aromatic carbocycles. The number of carbonyl (C=O) groups is 1. The summed E-state index contributed by atoms with van der Waals surface area (Å²) in [5.74, 6) is 0.644. The van der Waals surface area contributed by atoms with E-state index in [-0.39, 0.29) is 11.4 Å². The molecule has 2 aliphatic rings. The van der Waals surface area contributed by atoms with Gasteiger partial charge in [-0.2, -0.15) is 0 Å². The van der Waals surface area contributed by atoms with Crippen molar-refractivity contribution in [3.8, 4) is 0 Å². The molecule has 0 aromatic rings. The van der Waals surface area contributed by atoms with Gasteiger partial charge in [0, 0.05) is 19.1 Å². The van der Waals surface area contributed by atoms with Gasteiger partial charge in [-0.1, -0.05) is 6.92 Å². The van der Waals surface area contributed by atoms with Gasteiger partial charge in [-0.05, 0) is 39.2 Å². The van der Waals surface area contributed by atoms with Crippen LogP contribution in [0.2, 0.25) is 0 Å². The van der Waals surface area contributed by atoms with Gasteiger partial charge in [0.25, 0.3) is 0 Å². The highest BCUT2D eigenvalue weighted by molar-refractivity contribution is 5.86. The quantitative estimate of drug-likeness (QED) is 0.772. The van der Waals surface area contributed by atoms with Gasteiger partial charge in [-0.15, -0.1) is 0 Å². The van der Waals surface area contributed by atoms with Crippen molar-refractivity contribution in [1.82, 2.24) is 10.6 Å². The molecule has 3 unspecified atom stereocenters. The van der Waals surface area contributed by atoms with Crippen molar-refractivity contribution in [3.63, 3.8) is 0 Å². The summed E-state index contributed by atoms with van der Waals surface area (Å²) in [5, 5.41) is 6.38. The number of rotatable bonds is 4. The standard InChI is InChI=1S/C13H24N2O2/c1-3-11-10(5-8-17-11)9-14-12(16)13(2)6-4-7-15-13/h10-11,15H,3-9H2,1-2H3,(H,14,16). The topological polar surface area (TPSA) is 50.4 Å². The van der Waals surface area contributed by atoms with Gasteiger partial charge >= 0.3 is 0 Å². The summed E-state index contributed by atoms with van der Waals surface area (Å²) in [5.41, 5.74) is -0.346. The molecule has 0 bridgehead atoms. The number of hydrogen-bond acceptors (Lipinski definition) is 3. The molecule has 0 aromatic heterocycles. The molecule has 2 heterocycles. The molecule has 1 amide bonds. The molecule has 0 radical (unpaired) electrons. The molecule has 17 heavy (non-hydrogen) atoms. The lowest BCUT2D eigenvalue weighted by molar-refractivity contribution is -0.126. The smallest absolute Gasteiger partial charge is 0.240 e. The van der Waals surface area contributed by atoms with Crippen molar-refractivity contribution in [1.29, 1.82) is 0 Å². The minimum absolute atomic E-state index is 0.150. The van der Waals surface area contributed by atoms with Crippen molar-refractivity contribution in [2.75, 3.05) is 19.7 Å². The molecule has 2 N–H and O–H groups in total. The molecule has 2 saturated heterocycles. The minimum atomic E-state index is -0.346. The van der Waals surface area contributed by atoms with E-state index in [1.165, 1.54) is 0 Å². The Hall–Kier alpha value is -0.610. The van der Waals surface area contributed by atoms with E-state index in [0.29, 0.717) is 12.0 Å². The van der Waals surface area contributed by atoms with Crippen LogP contribution in [0, 0.1) is 5.92 Å². The molecule has 3 atom stereocenters. The Morgan fingerprint density at radius 1 is 1.59 bits per heavy atom. The molecule has 2 aliphatic heterocycles. The maximum absolute atomic E-state index is 12.1. The molecule has 0 aliphatic carbocycles. The SMILES string of the molecule is CCC1OCCC1CNC(=O)C1(C)CCCN1. The first-order valence-electron chi connectivity index (χ1n) is 6.80. The third kappa shape index (κ3) is 2.80. The highest BCUT2D eigenvalue weighted by Gasteiger charge is 2.36. The van der Waals surface area contributed by atoms with E-state index in [2.05, 4.69) is 17.6 Å². The van der Waals surface area contributed by atoms with Crippen molar-refractivity contribution >= 4 is 5.91 Å². The van der Waals surface area contributed by atoms with Gasteiger partial charge in [-0.3, -0.25) is 4.79 Å². The first-order chi connectivity index (χ1) is 8.15. The van der Waals surface area contributed by atoms with E-state index < -0.39 is 0 Å². The summed E-state index contributed by atoms with van der Waals surface area (Å²) in [6.07, 6.45) is 4.48. The maximum atomic E-state index is 12.1. The highest BCUT2D eigenvalue weighted by Crippen LogP contribution is 2.23. The Morgan fingerprint density at radius 2 is 2.41 bits per heavy atom. The fourth-order valence-electron chi connectivity index (χ4n) is 2.88. The van der Waals surface area contributed by atoms with Crippen LogP contribution in [0.1, 0.15) is 39.5 Å². The van der Waals surface area contributed by atoms with Gasteiger partial charge in [-0.25, -0.2) is 0 Å². The summed E-state index contributed by atoms with van der Waals surface area (Å²) in [4.78, 5) is 12.1. The predicted molar refractivity (Wildman–Crippen MR) is 66.8 cm³/mol. The second-order valence-corrected chi connectivity index (χ2v) is 5.44. The zero-order chi connectivity index (χ0) is 12.3. The molecule has 2 fully saturated rings. The first-order valence-corrected chi connectivity index (χ1v) is 6.80. The van der Waals surface area contributed by atoms with Crippen LogP contribution in [0.25, 0.3) is 0 Å². The number of ether oxygens (including phenoxy) is 1. The Bertz CT molecular complexity index is 275. The zero-order valence-corrected chi connectivity index (χ0v) is 10.9. The third-order valence-corrected chi connectivity index (χ3v) is 4.14. The fraction of sp³-hybridized carbons (Fsp3) is 0.923. The molecule has 2 rings (SSSR count). The lowest BCUT2D eigenvalue weighted by atomic mass is 9.97. The second kappa shape index (κ2) is 5.36. The van der Waals surface area contributed by atoms with Crippen molar-refractivity contribution in [2.24, 2.45) is 5.92 Å². The van der Waals surface area contributed by atoms with Crippen molar-refractivity contribution < 1.29 is 9.53 Å². The predicted octanol–water partition coefficient (Wildman–Crippen LogP) is 1.06. The van der Waals surface area contributed by atoms with Crippen LogP contribution in [0.15, 0.2) is 0 Å². The lowest BCUT2D eigenvalue weighted by Gasteiger charge is -2.25. The van der Waals surface area contributed by atoms with E-state index in [4.69, 9.17) is 4.74 Å². The second-order valence-electron chi connectivity index (χ2n) is 5.44. The van der Waals surface area contributed by atoms with Crippen LogP contribution in [0.4, 0.5) is 0 Å². The van der Waals surface area contributed by atoms with Crippen LogP contribution in [0.3, 0.4) is 0 Å². The Morgan fingerprint density at radius 3 is 3.06 bits per heavy atom. The monoisotopic (exact) mass is 240 g/mol. The fourth-order valence-corrected chi connectivity index (χ4v) is 2.88. The van der Waals surface area contributed by atoms with Crippen molar-refractivity contribution in [3.05, 3.63) is 0 Å². The Balaban J connectivity index is 1.79. The first kappa shape index (κ1) is 12.8. The zero-order valence-electron chi connectivity index (χ0n) is 10.9. The van der Waals surface area contributed by atoms with E-state index in [1.54, 1.807) is 0 Å². The molecular formula is C13H24N2O2. The number of nitrogens with one attached hydrogen (secondary N) is 2. The number of carbonyl (C=O) groups excluding carboxylic acids is 1. The van der Waals surface area contributed by atoms with Gasteiger partial charge in [0.1, 0.15) is 0 Å². The van der Waals surface area contributed by atoms with Crippen LogP contribution < -0.4 is 10.6 Å². The summed E-state index contributed by atoms with van der Waals surface area (Å²) < 4.78 is 5.63. The van der Waals surface area contributed by atoms with Gasteiger partial charge < -0.3 is 15.4 Å². The highest BCUT2D eigenvalue weighted by atomic mass is 16.5. The molecule has 98 valence electrons. The van der Waals surface area contributed by atoms with Crippen LogP contribution in [0.5, 0.6) is 0 Å². The van der Waals surface area contributed by atoms with E-state index in [1.807, 2.05) is 6.92 Å². The summed E-state index contributed by atoms with van der Waals surface area (Å²) in [6, 6.07) is 0. The van der Waals surface area contributed by atoms with Crippen LogP contribution in [-0.2, 0) is 9.53 Å². The van der Waals surface area contributed by atoms with E-state index in [9.17, 15) is 4.79 Å².